The molecule has 0 N–H and O–H groups in total. The van der Waals surface area contributed by atoms with Crippen LogP contribution in [0.2, 0.25) is 0 Å². The fourth-order valence-corrected chi connectivity index (χ4v) is 2.77. The van der Waals surface area contributed by atoms with Crippen LogP contribution >= 0.6 is 0 Å². The maximum atomic E-state index is 13.3. The van der Waals surface area contributed by atoms with Gasteiger partial charge in [0.2, 0.25) is 0 Å². The molecule has 0 aliphatic heterocycles. The first-order chi connectivity index (χ1) is 12.4. The molecule has 0 saturated carbocycles. The normalized spacial score (nSPS) is 12.0. The Bertz CT molecular complexity index is 1170. The molecule has 4 aromatic heterocycles. The van der Waals surface area contributed by atoms with Gasteiger partial charge in [-0.05, 0) is 12.1 Å². The number of aromatic nitrogens is 6. The number of fused-ring (bicyclic) bond motifs is 1. The molecule has 26 heavy (non-hydrogen) atoms. The molecule has 0 aliphatic carbocycles. The molecule has 10 heteroatoms. The Morgan fingerprint density at radius 2 is 1.81 bits per heavy atom. The van der Waals surface area contributed by atoms with Gasteiger partial charge < -0.3 is 0 Å². The number of aryl methyl sites for hydroxylation is 1. The molecule has 4 rings (SSSR count). The fourth-order valence-electron chi connectivity index (χ4n) is 2.77. The Morgan fingerprint density at radius 3 is 2.46 bits per heavy atom. The molecule has 0 aliphatic rings. The highest BCUT2D eigenvalue weighted by Gasteiger charge is 2.35. The zero-order valence-electron chi connectivity index (χ0n) is 13.3. The summed E-state index contributed by atoms with van der Waals surface area (Å²) in [5.41, 5.74) is -0.910. The number of hydrogen-bond donors (Lipinski definition) is 0. The zero-order valence-corrected chi connectivity index (χ0v) is 13.3. The lowest BCUT2D eigenvalue weighted by molar-refractivity contribution is -0.137. The topological polar surface area (TPSA) is 70.5 Å². The van der Waals surface area contributed by atoms with E-state index < -0.39 is 23.1 Å². The minimum absolute atomic E-state index is 0.0838. The second kappa shape index (κ2) is 5.55. The minimum atomic E-state index is -4.65. The standard InChI is InChI=1S/C16H11F3N6O/c1-23-8-11(6-22-23)24-4-2-10-3-5-25(13(10)15(24)26)14-12(16(17,18)19)7-20-9-21-14/h2-9H,1H3. The van der Waals surface area contributed by atoms with Crippen LogP contribution in [0.4, 0.5) is 13.2 Å². The summed E-state index contributed by atoms with van der Waals surface area (Å²) in [6.45, 7) is 0. The van der Waals surface area contributed by atoms with Crippen molar-refractivity contribution < 1.29 is 13.2 Å². The summed E-state index contributed by atoms with van der Waals surface area (Å²) in [6.07, 6.45) is 3.12. The summed E-state index contributed by atoms with van der Waals surface area (Å²) < 4.78 is 43.9. The molecular formula is C16H11F3N6O. The van der Waals surface area contributed by atoms with E-state index in [9.17, 15) is 18.0 Å². The van der Waals surface area contributed by atoms with Crippen molar-refractivity contribution in [1.82, 2.24) is 28.9 Å². The average Bonchev–Trinajstić information content (AvgIpc) is 3.21. The van der Waals surface area contributed by atoms with Gasteiger partial charge >= 0.3 is 6.18 Å². The van der Waals surface area contributed by atoms with Gasteiger partial charge in [0.25, 0.3) is 5.56 Å². The van der Waals surface area contributed by atoms with Crippen molar-refractivity contribution in [2.45, 2.75) is 6.18 Å². The van der Waals surface area contributed by atoms with Crippen molar-refractivity contribution in [2.24, 2.45) is 7.05 Å². The van der Waals surface area contributed by atoms with Crippen LogP contribution in [0, 0.1) is 0 Å². The number of rotatable bonds is 2. The van der Waals surface area contributed by atoms with Crippen molar-refractivity contribution >= 4 is 10.9 Å². The first kappa shape index (κ1) is 16.1. The van der Waals surface area contributed by atoms with Gasteiger partial charge in [0.05, 0.1) is 11.9 Å². The van der Waals surface area contributed by atoms with Gasteiger partial charge in [-0.15, -0.1) is 0 Å². The average molecular weight is 360 g/mol. The summed E-state index contributed by atoms with van der Waals surface area (Å²) in [7, 11) is 1.70. The number of nitrogens with zero attached hydrogens (tertiary/aromatic N) is 6. The molecule has 132 valence electrons. The molecule has 0 bridgehead atoms. The Labute approximate surface area is 144 Å². The van der Waals surface area contributed by atoms with E-state index in [0.29, 0.717) is 17.3 Å². The third kappa shape index (κ3) is 2.46. The highest BCUT2D eigenvalue weighted by Crippen LogP contribution is 2.33. The van der Waals surface area contributed by atoms with E-state index in [1.807, 2.05) is 0 Å². The highest BCUT2D eigenvalue weighted by molar-refractivity contribution is 5.81. The van der Waals surface area contributed by atoms with E-state index in [1.54, 1.807) is 31.6 Å². The molecule has 4 aromatic rings. The van der Waals surface area contributed by atoms with Gasteiger partial charge in [-0.1, -0.05) is 0 Å². The fraction of sp³-hybridized carbons (Fsp3) is 0.125. The molecule has 4 heterocycles. The van der Waals surface area contributed by atoms with Crippen molar-refractivity contribution in [3.63, 3.8) is 0 Å². The van der Waals surface area contributed by atoms with Crippen LogP contribution in [0.25, 0.3) is 22.4 Å². The van der Waals surface area contributed by atoms with Gasteiger partial charge in [0.15, 0.2) is 5.82 Å². The van der Waals surface area contributed by atoms with E-state index in [-0.39, 0.29) is 5.52 Å². The second-order valence-electron chi connectivity index (χ2n) is 5.61. The molecule has 0 aromatic carbocycles. The van der Waals surface area contributed by atoms with Crippen LogP contribution in [0.5, 0.6) is 0 Å². The summed E-state index contributed by atoms with van der Waals surface area (Å²) in [4.78, 5) is 20.1. The van der Waals surface area contributed by atoms with Crippen LogP contribution in [-0.2, 0) is 13.2 Å². The van der Waals surface area contributed by atoms with E-state index in [0.717, 1.165) is 10.9 Å². The predicted octanol–water partition coefficient (Wildman–Crippen LogP) is 2.32. The Morgan fingerprint density at radius 1 is 1.08 bits per heavy atom. The summed E-state index contributed by atoms with van der Waals surface area (Å²) >= 11 is 0. The summed E-state index contributed by atoms with van der Waals surface area (Å²) in [6, 6.07) is 3.21. The molecule has 0 unspecified atom stereocenters. The summed E-state index contributed by atoms with van der Waals surface area (Å²) in [5.74, 6) is -0.400. The third-order valence-corrected chi connectivity index (χ3v) is 3.94. The Hall–Kier alpha value is -3.43. The van der Waals surface area contributed by atoms with E-state index >= 15 is 0 Å². The lowest BCUT2D eigenvalue weighted by Gasteiger charge is -2.12. The van der Waals surface area contributed by atoms with Crippen molar-refractivity contribution in [3.05, 3.63) is 65.4 Å². The van der Waals surface area contributed by atoms with Gasteiger partial charge in [0, 0.05) is 37.2 Å². The SMILES string of the molecule is Cn1cc(-n2ccc3ccn(-c4ncncc4C(F)(F)F)c3c2=O)cn1. The lowest BCUT2D eigenvalue weighted by atomic mass is 10.3. The molecule has 0 fully saturated rings. The minimum Gasteiger partial charge on any atom is -0.296 e. The summed E-state index contributed by atoms with van der Waals surface area (Å²) in [5, 5.41) is 4.51. The van der Waals surface area contributed by atoms with Crippen LogP contribution < -0.4 is 5.56 Å². The highest BCUT2D eigenvalue weighted by atomic mass is 19.4. The third-order valence-electron chi connectivity index (χ3n) is 3.94. The molecular weight excluding hydrogens is 349 g/mol. The second-order valence-corrected chi connectivity index (χ2v) is 5.61. The number of alkyl halides is 3. The molecule has 7 nitrogen and oxygen atoms in total. The smallest absolute Gasteiger partial charge is 0.296 e. The van der Waals surface area contributed by atoms with Crippen LogP contribution in [0.3, 0.4) is 0 Å². The first-order valence-corrected chi connectivity index (χ1v) is 7.45. The van der Waals surface area contributed by atoms with Crippen molar-refractivity contribution in [1.29, 1.82) is 0 Å². The van der Waals surface area contributed by atoms with E-state index in [4.69, 9.17) is 0 Å². The molecule has 0 spiro atoms. The number of halogens is 3. The van der Waals surface area contributed by atoms with Gasteiger partial charge in [-0.25, -0.2) is 9.97 Å². The van der Waals surface area contributed by atoms with E-state index in [2.05, 4.69) is 15.1 Å². The van der Waals surface area contributed by atoms with Gasteiger partial charge in [-0.3, -0.25) is 18.6 Å². The van der Waals surface area contributed by atoms with Crippen LogP contribution in [-0.4, -0.2) is 28.9 Å². The maximum Gasteiger partial charge on any atom is 0.421 e. The zero-order chi connectivity index (χ0) is 18.5. The maximum absolute atomic E-state index is 13.3. The number of hydrogen-bond acceptors (Lipinski definition) is 4. The predicted molar refractivity (Wildman–Crippen MR) is 86.2 cm³/mol. The monoisotopic (exact) mass is 360 g/mol. The molecule has 0 atom stereocenters. The van der Waals surface area contributed by atoms with Gasteiger partial charge in [-0.2, -0.15) is 18.3 Å². The van der Waals surface area contributed by atoms with Crippen LogP contribution in [0.15, 0.2) is 54.2 Å². The quantitative estimate of drug-likeness (QED) is 0.550. The van der Waals surface area contributed by atoms with Gasteiger partial charge in [0.1, 0.15) is 17.4 Å². The molecule has 0 amide bonds. The first-order valence-electron chi connectivity index (χ1n) is 7.45. The molecule has 0 saturated heterocycles. The lowest BCUT2D eigenvalue weighted by Crippen LogP contribution is -2.21. The number of pyridine rings is 1. The Kier molecular flexibility index (Phi) is 3.43. The van der Waals surface area contributed by atoms with Crippen LogP contribution in [0.1, 0.15) is 5.56 Å². The largest absolute Gasteiger partial charge is 0.421 e. The Balaban J connectivity index is 2.01. The van der Waals surface area contributed by atoms with Crippen molar-refractivity contribution in [2.75, 3.05) is 0 Å². The molecule has 0 radical (unpaired) electrons. The van der Waals surface area contributed by atoms with Crippen molar-refractivity contribution in [3.8, 4) is 11.5 Å². The van der Waals surface area contributed by atoms with E-state index in [1.165, 1.54) is 21.6 Å².